The van der Waals surface area contributed by atoms with Gasteiger partial charge in [0.25, 0.3) is 5.56 Å². The van der Waals surface area contributed by atoms with Gasteiger partial charge in [0.05, 0.1) is 6.54 Å². The molecule has 0 radical (unpaired) electrons. The SMILES string of the molecule is Cc1ccccc1Cn1c(N2CCN(Cc3ccccc3)CC2)nc2c1c(=O)n(C)c(=O)n2C. The summed E-state index contributed by atoms with van der Waals surface area (Å²) in [4.78, 5) is 35.3. The van der Waals surface area contributed by atoms with Crippen molar-refractivity contribution in [3.8, 4) is 0 Å². The largest absolute Gasteiger partial charge is 0.340 e. The van der Waals surface area contributed by atoms with Gasteiger partial charge in [-0.15, -0.1) is 0 Å². The fourth-order valence-electron chi connectivity index (χ4n) is 4.73. The van der Waals surface area contributed by atoms with Gasteiger partial charge in [0.1, 0.15) is 0 Å². The molecule has 0 bridgehead atoms. The molecule has 0 N–H and O–H groups in total. The van der Waals surface area contributed by atoms with Crippen molar-refractivity contribution in [1.29, 1.82) is 0 Å². The molecule has 176 valence electrons. The van der Waals surface area contributed by atoms with E-state index in [1.54, 1.807) is 7.05 Å². The van der Waals surface area contributed by atoms with Gasteiger partial charge in [-0.05, 0) is 23.6 Å². The van der Waals surface area contributed by atoms with E-state index in [1.807, 2.05) is 22.8 Å². The molecular formula is C26H30N6O2. The predicted octanol–water partition coefficient (Wildman–Crippen LogP) is 2.11. The summed E-state index contributed by atoms with van der Waals surface area (Å²) < 4.78 is 4.63. The quantitative estimate of drug-likeness (QED) is 0.458. The average molecular weight is 459 g/mol. The van der Waals surface area contributed by atoms with E-state index in [4.69, 9.17) is 4.98 Å². The van der Waals surface area contributed by atoms with Crippen molar-refractivity contribution in [3.63, 3.8) is 0 Å². The molecular weight excluding hydrogens is 428 g/mol. The number of aryl methyl sites for hydroxylation is 2. The van der Waals surface area contributed by atoms with Crippen LogP contribution in [0.15, 0.2) is 64.2 Å². The van der Waals surface area contributed by atoms with Crippen molar-refractivity contribution in [2.75, 3.05) is 31.1 Å². The molecule has 34 heavy (non-hydrogen) atoms. The molecule has 5 rings (SSSR count). The number of fused-ring (bicyclic) bond motifs is 1. The van der Waals surface area contributed by atoms with Crippen molar-refractivity contribution < 1.29 is 0 Å². The van der Waals surface area contributed by atoms with Crippen LogP contribution in [0.5, 0.6) is 0 Å². The number of piperazine rings is 1. The summed E-state index contributed by atoms with van der Waals surface area (Å²) >= 11 is 0. The Kier molecular flexibility index (Phi) is 5.83. The zero-order valence-corrected chi connectivity index (χ0v) is 19.9. The Morgan fingerprint density at radius 2 is 1.50 bits per heavy atom. The van der Waals surface area contributed by atoms with Crippen LogP contribution in [-0.4, -0.2) is 49.8 Å². The summed E-state index contributed by atoms with van der Waals surface area (Å²) in [6, 6.07) is 18.7. The molecule has 0 atom stereocenters. The number of anilines is 1. The first-order chi connectivity index (χ1) is 16.4. The van der Waals surface area contributed by atoms with E-state index in [9.17, 15) is 9.59 Å². The van der Waals surface area contributed by atoms with Gasteiger partial charge in [-0.25, -0.2) is 4.79 Å². The highest BCUT2D eigenvalue weighted by Crippen LogP contribution is 2.24. The van der Waals surface area contributed by atoms with E-state index in [2.05, 4.69) is 53.1 Å². The van der Waals surface area contributed by atoms with Gasteiger partial charge in [0, 0.05) is 46.8 Å². The second kappa shape index (κ2) is 8.95. The number of aromatic nitrogens is 4. The second-order valence-electron chi connectivity index (χ2n) is 9.05. The van der Waals surface area contributed by atoms with E-state index < -0.39 is 0 Å². The van der Waals surface area contributed by atoms with Crippen LogP contribution in [0.1, 0.15) is 16.7 Å². The van der Waals surface area contributed by atoms with Crippen LogP contribution >= 0.6 is 0 Å². The van der Waals surface area contributed by atoms with Crippen LogP contribution in [0.25, 0.3) is 11.2 Å². The topological polar surface area (TPSA) is 68.3 Å². The van der Waals surface area contributed by atoms with E-state index in [0.29, 0.717) is 17.7 Å². The van der Waals surface area contributed by atoms with Gasteiger partial charge in [-0.2, -0.15) is 4.98 Å². The molecule has 1 saturated heterocycles. The molecule has 0 unspecified atom stereocenters. The minimum absolute atomic E-state index is 0.312. The fourth-order valence-corrected chi connectivity index (χ4v) is 4.73. The Morgan fingerprint density at radius 1 is 0.824 bits per heavy atom. The lowest BCUT2D eigenvalue weighted by molar-refractivity contribution is 0.248. The van der Waals surface area contributed by atoms with Gasteiger partial charge < -0.3 is 4.90 Å². The average Bonchev–Trinajstić information content (AvgIpc) is 3.23. The van der Waals surface area contributed by atoms with Gasteiger partial charge in [0.2, 0.25) is 5.95 Å². The normalized spacial score (nSPS) is 14.7. The summed E-state index contributed by atoms with van der Waals surface area (Å²) in [6.07, 6.45) is 0. The lowest BCUT2D eigenvalue weighted by atomic mass is 10.1. The standard InChI is InChI=1S/C26H30N6O2/c1-19-9-7-8-12-21(19)18-32-22-23(28(2)26(34)29(3)24(22)33)27-25(32)31-15-13-30(14-16-31)17-20-10-5-4-6-11-20/h4-12H,13-18H2,1-3H3. The first-order valence-corrected chi connectivity index (χ1v) is 11.7. The van der Waals surface area contributed by atoms with Gasteiger partial charge in [-0.1, -0.05) is 54.6 Å². The number of nitrogens with zero attached hydrogens (tertiary/aromatic N) is 6. The Morgan fingerprint density at radius 3 is 2.21 bits per heavy atom. The summed E-state index contributed by atoms with van der Waals surface area (Å²) in [6.45, 7) is 6.93. The highest BCUT2D eigenvalue weighted by Gasteiger charge is 2.26. The molecule has 0 spiro atoms. The number of imidazole rings is 1. The van der Waals surface area contributed by atoms with Crippen LogP contribution in [-0.2, 0) is 27.2 Å². The molecule has 4 aromatic rings. The van der Waals surface area contributed by atoms with Crippen LogP contribution in [0.2, 0.25) is 0 Å². The molecule has 0 aliphatic carbocycles. The highest BCUT2D eigenvalue weighted by molar-refractivity contribution is 5.75. The Bertz CT molecular complexity index is 1440. The third-order valence-corrected chi connectivity index (χ3v) is 6.82. The van der Waals surface area contributed by atoms with Gasteiger partial charge in [-0.3, -0.25) is 23.4 Å². The van der Waals surface area contributed by atoms with Crippen molar-refractivity contribution in [1.82, 2.24) is 23.6 Å². The predicted molar refractivity (Wildman–Crippen MR) is 134 cm³/mol. The Balaban J connectivity index is 1.52. The molecule has 0 saturated carbocycles. The maximum absolute atomic E-state index is 13.2. The molecule has 1 fully saturated rings. The number of benzene rings is 2. The maximum atomic E-state index is 13.2. The third kappa shape index (κ3) is 3.94. The maximum Gasteiger partial charge on any atom is 0.332 e. The van der Waals surface area contributed by atoms with E-state index in [0.717, 1.165) is 49.8 Å². The van der Waals surface area contributed by atoms with E-state index in [1.165, 1.54) is 21.7 Å². The molecule has 2 aromatic carbocycles. The van der Waals surface area contributed by atoms with E-state index >= 15 is 0 Å². The molecule has 1 aliphatic heterocycles. The molecule has 1 aliphatic rings. The molecule has 2 aromatic heterocycles. The molecule has 8 nitrogen and oxygen atoms in total. The lowest BCUT2D eigenvalue weighted by Gasteiger charge is -2.35. The minimum atomic E-state index is -0.364. The Hall–Kier alpha value is -3.65. The van der Waals surface area contributed by atoms with Gasteiger partial charge >= 0.3 is 5.69 Å². The van der Waals surface area contributed by atoms with Crippen LogP contribution in [0, 0.1) is 6.92 Å². The molecule has 8 heteroatoms. The minimum Gasteiger partial charge on any atom is -0.340 e. The molecule has 3 heterocycles. The smallest absolute Gasteiger partial charge is 0.332 e. The monoisotopic (exact) mass is 458 g/mol. The van der Waals surface area contributed by atoms with Crippen molar-refractivity contribution in [2.24, 2.45) is 14.1 Å². The summed E-state index contributed by atoms with van der Waals surface area (Å²) in [7, 11) is 3.20. The van der Waals surface area contributed by atoms with Crippen molar-refractivity contribution >= 4 is 17.1 Å². The van der Waals surface area contributed by atoms with Crippen LogP contribution in [0.3, 0.4) is 0 Å². The summed E-state index contributed by atoms with van der Waals surface area (Å²) in [5.41, 5.74) is 3.82. The summed E-state index contributed by atoms with van der Waals surface area (Å²) in [5, 5.41) is 0. The fraction of sp³-hybridized carbons (Fsp3) is 0.346. The van der Waals surface area contributed by atoms with Gasteiger partial charge in [0.15, 0.2) is 11.2 Å². The van der Waals surface area contributed by atoms with Crippen molar-refractivity contribution in [2.45, 2.75) is 20.0 Å². The number of hydrogen-bond donors (Lipinski definition) is 0. The zero-order valence-electron chi connectivity index (χ0n) is 19.9. The lowest BCUT2D eigenvalue weighted by Crippen LogP contribution is -2.47. The second-order valence-corrected chi connectivity index (χ2v) is 9.05. The molecule has 0 amide bonds. The third-order valence-electron chi connectivity index (χ3n) is 6.82. The van der Waals surface area contributed by atoms with Crippen molar-refractivity contribution in [3.05, 3.63) is 92.1 Å². The first kappa shape index (κ1) is 22.2. The highest BCUT2D eigenvalue weighted by atomic mass is 16.2. The first-order valence-electron chi connectivity index (χ1n) is 11.7. The number of hydrogen-bond acceptors (Lipinski definition) is 5. The zero-order chi connectivity index (χ0) is 23.8. The van der Waals surface area contributed by atoms with Crippen LogP contribution < -0.4 is 16.1 Å². The van der Waals surface area contributed by atoms with Crippen LogP contribution in [0.4, 0.5) is 5.95 Å². The Labute approximate surface area is 198 Å². The van der Waals surface area contributed by atoms with E-state index in [-0.39, 0.29) is 11.2 Å². The summed E-state index contributed by atoms with van der Waals surface area (Å²) in [5.74, 6) is 0.746. The number of rotatable bonds is 5.